The first-order valence-corrected chi connectivity index (χ1v) is 10.5. The topological polar surface area (TPSA) is 63.3 Å². The molecule has 3 aromatic carbocycles. The average molecular weight is 471 g/mol. The van der Waals surface area contributed by atoms with Gasteiger partial charge in [0.05, 0.1) is 24.8 Å². The first-order chi connectivity index (χ1) is 15.9. The Morgan fingerprint density at radius 2 is 1.79 bits per heavy atom. The number of benzene rings is 3. The van der Waals surface area contributed by atoms with Gasteiger partial charge in [-0.2, -0.15) is 0 Å². The summed E-state index contributed by atoms with van der Waals surface area (Å²) in [6.07, 6.45) is 1.88. The number of ether oxygens (including phenoxy) is 2. The normalized spacial score (nSPS) is 11.9. The summed E-state index contributed by atoms with van der Waals surface area (Å²) in [5.41, 5.74) is 2.51. The van der Waals surface area contributed by atoms with Gasteiger partial charge in [-0.25, -0.2) is 8.78 Å². The average Bonchev–Trinajstić information content (AvgIpc) is 3.25. The maximum Gasteiger partial charge on any atom is 0.252 e. The summed E-state index contributed by atoms with van der Waals surface area (Å²) in [5.74, 6) is -2.14. The number of aromatic nitrogens is 1. The highest BCUT2D eigenvalue weighted by molar-refractivity contribution is 6.33. The third kappa shape index (κ3) is 4.36. The Hall–Kier alpha value is -3.58. The van der Waals surface area contributed by atoms with Gasteiger partial charge in [0, 0.05) is 35.1 Å². The van der Waals surface area contributed by atoms with Gasteiger partial charge in [0.1, 0.15) is 0 Å². The Kier molecular flexibility index (Phi) is 6.51. The molecule has 0 fully saturated rings. The van der Waals surface area contributed by atoms with Crippen molar-refractivity contribution in [1.29, 1.82) is 0 Å². The first kappa shape index (κ1) is 22.6. The van der Waals surface area contributed by atoms with Crippen molar-refractivity contribution in [2.45, 2.75) is 5.92 Å². The Bertz CT molecular complexity index is 1320. The minimum absolute atomic E-state index is 0.138. The summed E-state index contributed by atoms with van der Waals surface area (Å²) in [6.45, 7) is 0.138. The van der Waals surface area contributed by atoms with E-state index in [9.17, 15) is 13.6 Å². The van der Waals surface area contributed by atoms with Crippen molar-refractivity contribution >= 4 is 28.4 Å². The van der Waals surface area contributed by atoms with Crippen LogP contribution in [-0.4, -0.2) is 31.7 Å². The maximum absolute atomic E-state index is 13.7. The third-order valence-electron chi connectivity index (χ3n) is 5.53. The standard InChI is InChI=1S/C25H21ClF2N2O3/c1-32-23-9-5-7-15(24(23)33-2)18(17-12-29-22-8-4-3-6-14(17)22)13-30-25(31)16-10-20(27)21(28)11-19(16)26/h3-12,18,29H,13H2,1-2H3,(H,30,31). The summed E-state index contributed by atoms with van der Waals surface area (Å²) in [6, 6.07) is 14.9. The van der Waals surface area contributed by atoms with E-state index in [1.165, 1.54) is 0 Å². The zero-order chi connectivity index (χ0) is 23.5. The van der Waals surface area contributed by atoms with E-state index >= 15 is 0 Å². The molecule has 170 valence electrons. The molecule has 8 heteroatoms. The van der Waals surface area contributed by atoms with E-state index in [0.717, 1.165) is 34.2 Å². The first-order valence-electron chi connectivity index (χ1n) is 10.1. The minimum atomic E-state index is -1.15. The zero-order valence-corrected chi connectivity index (χ0v) is 18.7. The third-order valence-corrected chi connectivity index (χ3v) is 5.84. The van der Waals surface area contributed by atoms with Gasteiger partial charge >= 0.3 is 0 Å². The van der Waals surface area contributed by atoms with Crippen LogP contribution >= 0.6 is 11.6 Å². The summed E-state index contributed by atoms with van der Waals surface area (Å²) in [4.78, 5) is 16.1. The second-order valence-corrected chi connectivity index (χ2v) is 7.79. The molecule has 0 radical (unpaired) electrons. The zero-order valence-electron chi connectivity index (χ0n) is 17.9. The highest BCUT2D eigenvalue weighted by atomic mass is 35.5. The number of H-pyrrole nitrogens is 1. The van der Waals surface area contributed by atoms with Crippen LogP contribution in [0.4, 0.5) is 8.78 Å². The second-order valence-electron chi connectivity index (χ2n) is 7.38. The number of carbonyl (C=O) groups excluding carboxylic acids is 1. The van der Waals surface area contributed by atoms with Crippen molar-refractivity contribution in [2.24, 2.45) is 0 Å². The van der Waals surface area contributed by atoms with E-state index in [1.807, 2.05) is 42.6 Å². The maximum atomic E-state index is 13.7. The molecular weight excluding hydrogens is 450 g/mol. The van der Waals surface area contributed by atoms with Crippen LogP contribution in [0, 0.1) is 11.6 Å². The largest absolute Gasteiger partial charge is 0.493 e. The Balaban J connectivity index is 1.75. The fourth-order valence-corrected chi connectivity index (χ4v) is 4.18. The second kappa shape index (κ2) is 9.50. The molecule has 1 unspecified atom stereocenters. The molecule has 2 N–H and O–H groups in total. The van der Waals surface area contributed by atoms with E-state index in [-0.39, 0.29) is 23.0 Å². The highest BCUT2D eigenvalue weighted by Gasteiger charge is 2.25. The molecule has 33 heavy (non-hydrogen) atoms. The van der Waals surface area contributed by atoms with Crippen LogP contribution in [0.3, 0.4) is 0 Å². The number of carbonyl (C=O) groups is 1. The molecule has 0 saturated heterocycles. The van der Waals surface area contributed by atoms with Gasteiger partial charge < -0.3 is 19.8 Å². The lowest BCUT2D eigenvalue weighted by Crippen LogP contribution is -2.29. The van der Waals surface area contributed by atoms with Crippen LogP contribution in [0.1, 0.15) is 27.4 Å². The molecule has 1 amide bonds. The van der Waals surface area contributed by atoms with Crippen molar-refractivity contribution in [3.63, 3.8) is 0 Å². The monoisotopic (exact) mass is 470 g/mol. The number of halogens is 3. The molecule has 0 spiro atoms. The van der Waals surface area contributed by atoms with Crippen LogP contribution in [0.2, 0.25) is 5.02 Å². The van der Waals surface area contributed by atoms with Crippen molar-refractivity contribution in [3.05, 3.63) is 94.1 Å². The summed E-state index contributed by atoms with van der Waals surface area (Å²) in [5, 5.41) is 3.61. The van der Waals surface area contributed by atoms with Crippen LogP contribution in [-0.2, 0) is 0 Å². The Morgan fingerprint density at radius 1 is 1.03 bits per heavy atom. The van der Waals surface area contributed by atoms with Crippen LogP contribution in [0.15, 0.2) is 60.8 Å². The van der Waals surface area contributed by atoms with Crippen LogP contribution in [0.5, 0.6) is 11.5 Å². The molecule has 1 atom stereocenters. The summed E-state index contributed by atoms with van der Waals surface area (Å²) < 4.78 is 38.2. The molecule has 0 bridgehead atoms. The molecule has 5 nitrogen and oxygen atoms in total. The number of methoxy groups -OCH3 is 2. The van der Waals surface area contributed by atoms with Gasteiger partial charge in [-0.05, 0) is 29.8 Å². The van der Waals surface area contributed by atoms with E-state index in [2.05, 4.69) is 10.3 Å². The van der Waals surface area contributed by atoms with Gasteiger partial charge in [-0.1, -0.05) is 41.9 Å². The van der Waals surface area contributed by atoms with Crippen LogP contribution < -0.4 is 14.8 Å². The molecule has 0 saturated carbocycles. The van der Waals surface area contributed by atoms with Gasteiger partial charge in [-0.15, -0.1) is 0 Å². The van der Waals surface area contributed by atoms with Crippen molar-refractivity contribution in [3.8, 4) is 11.5 Å². The molecule has 0 aliphatic heterocycles. The quantitative estimate of drug-likeness (QED) is 0.342. The van der Waals surface area contributed by atoms with Gasteiger partial charge in [0.15, 0.2) is 23.1 Å². The fraction of sp³-hybridized carbons (Fsp3) is 0.160. The molecular formula is C25H21ClF2N2O3. The number of amides is 1. The molecule has 4 aromatic rings. The Labute approximate surface area is 194 Å². The predicted octanol–water partition coefficient (Wildman–Crippen LogP) is 5.68. The molecule has 0 aliphatic carbocycles. The van der Waals surface area contributed by atoms with Gasteiger partial charge in [-0.3, -0.25) is 4.79 Å². The number of rotatable bonds is 7. The molecule has 1 aromatic heterocycles. The van der Waals surface area contributed by atoms with Crippen LogP contribution in [0.25, 0.3) is 10.9 Å². The van der Waals surface area contributed by atoms with E-state index in [0.29, 0.717) is 11.5 Å². The lowest BCUT2D eigenvalue weighted by atomic mass is 9.89. The lowest BCUT2D eigenvalue weighted by molar-refractivity contribution is 0.0952. The van der Waals surface area contributed by atoms with E-state index < -0.39 is 17.5 Å². The molecule has 1 heterocycles. The van der Waals surface area contributed by atoms with E-state index in [1.54, 1.807) is 20.3 Å². The number of nitrogens with one attached hydrogen (secondary N) is 2. The summed E-state index contributed by atoms with van der Waals surface area (Å²) in [7, 11) is 3.10. The molecule has 0 aliphatic rings. The number of aromatic amines is 1. The number of hydrogen-bond acceptors (Lipinski definition) is 3. The summed E-state index contributed by atoms with van der Waals surface area (Å²) >= 11 is 5.98. The van der Waals surface area contributed by atoms with Crippen molar-refractivity contribution in [2.75, 3.05) is 20.8 Å². The highest BCUT2D eigenvalue weighted by Crippen LogP contribution is 2.40. The van der Waals surface area contributed by atoms with Crippen molar-refractivity contribution < 1.29 is 23.0 Å². The fourth-order valence-electron chi connectivity index (χ4n) is 3.94. The van der Waals surface area contributed by atoms with E-state index in [4.69, 9.17) is 21.1 Å². The van der Waals surface area contributed by atoms with Gasteiger partial charge in [0.25, 0.3) is 5.91 Å². The predicted molar refractivity (Wildman–Crippen MR) is 123 cm³/mol. The minimum Gasteiger partial charge on any atom is -0.493 e. The smallest absolute Gasteiger partial charge is 0.252 e. The number of hydrogen-bond donors (Lipinski definition) is 2. The SMILES string of the molecule is COc1cccc(C(CNC(=O)c2cc(F)c(F)cc2Cl)c2c[nH]c3ccccc23)c1OC. The van der Waals surface area contributed by atoms with Gasteiger partial charge in [0.2, 0.25) is 0 Å². The molecule has 4 rings (SSSR count). The number of para-hydroxylation sites is 2. The lowest BCUT2D eigenvalue weighted by Gasteiger charge is -2.22. The number of fused-ring (bicyclic) bond motifs is 1. The van der Waals surface area contributed by atoms with Crippen molar-refractivity contribution in [1.82, 2.24) is 10.3 Å². The Morgan fingerprint density at radius 3 is 2.55 bits per heavy atom.